The van der Waals surface area contributed by atoms with Crippen molar-refractivity contribution in [3.63, 3.8) is 0 Å². The average Bonchev–Trinajstić information content (AvgIpc) is 2.76. The van der Waals surface area contributed by atoms with E-state index in [9.17, 15) is 14.0 Å². The highest BCUT2D eigenvalue weighted by Crippen LogP contribution is 2.31. The molecule has 0 spiro atoms. The number of carboxylic acid groups (broad SMARTS) is 1. The topological polar surface area (TPSA) is 57.6 Å². The molecule has 1 amide bonds. The Morgan fingerprint density at radius 3 is 2.68 bits per heavy atom. The summed E-state index contributed by atoms with van der Waals surface area (Å²) in [6.07, 6.45) is 0.390. The molecule has 1 saturated heterocycles. The van der Waals surface area contributed by atoms with Crippen molar-refractivity contribution >= 4 is 11.9 Å². The van der Waals surface area contributed by atoms with Gasteiger partial charge in [0.25, 0.3) is 5.91 Å². The second-order valence-electron chi connectivity index (χ2n) is 5.28. The van der Waals surface area contributed by atoms with Gasteiger partial charge in [-0.1, -0.05) is 12.1 Å². The molecule has 1 aliphatic rings. The number of nitrogens with zero attached hydrogens (tertiary/aromatic N) is 1. The van der Waals surface area contributed by atoms with Gasteiger partial charge in [0.05, 0.1) is 11.0 Å². The summed E-state index contributed by atoms with van der Waals surface area (Å²) in [6.45, 7) is 3.66. The van der Waals surface area contributed by atoms with Gasteiger partial charge in [-0.2, -0.15) is 0 Å². The van der Waals surface area contributed by atoms with Crippen molar-refractivity contribution in [2.24, 2.45) is 5.41 Å². The number of carbonyl (C=O) groups excluding carboxylic acids is 1. The third kappa shape index (κ3) is 2.32. The monoisotopic (exact) mass is 265 g/mol. The number of rotatable bonds is 2. The first-order valence-electron chi connectivity index (χ1n) is 6.13. The van der Waals surface area contributed by atoms with Crippen LogP contribution in [-0.4, -0.2) is 35.0 Å². The molecule has 1 N–H and O–H groups in total. The minimum atomic E-state index is -0.935. The van der Waals surface area contributed by atoms with Crippen molar-refractivity contribution in [3.8, 4) is 0 Å². The van der Waals surface area contributed by atoms with E-state index in [0.717, 1.165) is 0 Å². The van der Waals surface area contributed by atoms with Gasteiger partial charge in [-0.3, -0.25) is 9.59 Å². The lowest BCUT2D eigenvalue weighted by atomic mass is 9.90. The molecule has 5 heteroatoms. The molecule has 4 nitrogen and oxygen atoms in total. The molecule has 1 fully saturated rings. The van der Waals surface area contributed by atoms with Gasteiger partial charge in [-0.15, -0.1) is 0 Å². The SMILES string of the molecule is Cc1cccc(C(=O)N2CCC(C)(C(=O)O)C2)c1F. The molecule has 0 aromatic heterocycles. The van der Waals surface area contributed by atoms with E-state index in [1.807, 2.05) is 0 Å². The third-order valence-corrected chi connectivity index (χ3v) is 3.70. The van der Waals surface area contributed by atoms with Crippen LogP contribution in [0, 0.1) is 18.2 Å². The molecule has 1 heterocycles. The molecule has 1 aromatic rings. The molecule has 1 aromatic carbocycles. The number of carboxylic acids is 1. The van der Waals surface area contributed by atoms with Crippen molar-refractivity contribution in [3.05, 3.63) is 35.1 Å². The summed E-state index contributed by atoms with van der Waals surface area (Å²) in [6, 6.07) is 4.65. The lowest BCUT2D eigenvalue weighted by Crippen LogP contribution is -2.35. The maximum Gasteiger partial charge on any atom is 0.311 e. The van der Waals surface area contributed by atoms with Crippen LogP contribution in [0.4, 0.5) is 4.39 Å². The standard InChI is InChI=1S/C14H16FNO3/c1-9-4-3-5-10(11(9)15)12(17)16-7-6-14(2,8-16)13(18)19/h3-5H,6-8H2,1-2H3,(H,18,19). The zero-order valence-corrected chi connectivity index (χ0v) is 10.9. The van der Waals surface area contributed by atoms with Crippen molar-refractivity contribution in [2.75, 3.05) is 13.1 Å². The molecule has 102 valence electrons. The van der Waals surface area contributed by atoms with Gasteiger partial charge in [0.15, 0.2) is 0 Å². The number of amides is 1. The van der Waals surface area contributed by atoms with Crippen LogP contribution in [0.3, 0.4) is 0 Å². The number of aliphatic carboxylic acids is 1. The number of halogens is 1. The lowest BCUT2D eigenvalue weighted by Gasteiger charge is -2.20. The molecule has 0 aliphatic carbocycles. The Morgan fingerprint density at radius 1 is 1.42 bits per heavy atom. The van der Waals surface area contributed by atoms with Crippen LogP contribution >= 0.6 is 0 Å². The molecule has 1 atom stereocenters. The van der Waals surface area contributed by atoms with Crippen molar-refractivity contribution in [1.82, 2.24) is 4.90 Å². The Labute approximate surface area is 110 Å². The number of carbonyl (C=O) groups is 2. The number of hydrogen-bond acceptors (Lipinski definition) is 2. The molecular formula is C14H16FNO3. The van der Waals surface area contributed by atoms with Gasteiger partial charge in [0.1, 0.15) is 5.82 Å². The fraction of sp³-hybridized carbons (Fsp3) is 0.429. The summed E-state index contributed by atoms with van der Waals surface area (Å²) in [4.78, 5) is 24.8. The highest BCUT2D eigenvalue weighted by atomic mass is 19.1. The Balaban J connectivity index is 2.23. The predicted molar refractivity (Wildman–Crippen MR) is 67.4 cm³/mol. The fourth-order valence-electron chi connectivity index (χ4n) is 2.29. The quantitative estimate of drug-likeness (QED) is 0.890. The highest BCUT2D eigenvalue weighted by molar-refractivity contribution is 5.95. The first kappa shape index (κ1) is 13.5. The van der Waals surface area contributed by atoms with Crippen molar-refractivity contribution in [1.29, 1.82) is 0 Å². The van der Waals surface area contributed by atoms with Gasteiger partial charge in [0.2, 0.25) is 0 Å². The van der Waals surface area contributed by atoms with E-state index in [4.69, 9.17) is 5.11 Å². The maximum absolute atomic E-state index is 13.9. The van der Waals surface area contributed by atoms with Gasteiger partial charge in [0, 0.05) is 13.1 Å². The average molecular weight is 265 g/mol. The number of hydrogen-bond donors (Lipinski definition) is 1. The zero-order chi connectivity index (χ0) is 14.2. The largest absolute Gasteiger partial charge is 0.481 e. The lowest BCUT2D eigenvalue weighted by molar-refractivity contribution is -0.147. The van der Waals surface area contributed by atoms with Gasteiger partial charge >= 0.3 is 5.97 Å². The Bertz CT molecular complexity index is 543. The minimum Gasteiger partial charge on any atom is -0.481 e. The minimum absolute atomic E-state index is 0.00892. The van der Waals surface area contributed by atoms with Crippen LogP contribution in [0.15, 0.2) is 18.2 Å². The molecule has 0 bridgehead atoms. The molecule has 1 unspecified atom stereocenters. The smallest absolute Gasteiger partial charge is 0.311 e. The summed E-state index contributed by atoms with van der Waals surface area (Å²) < 4.78 is 13.9. The van der Waals surface area contributed by atoms with Crippen LogP contribution in [0.1, 0.15) is 29.3 Å². The van der Waals surface area contributed by atoms with E-state index < -0.39 is 23.1 Å². The first-order chi connectivity index (χ1) is 8.85. The molecular weight excluding hydrogens is 249 g/mol. The third-order valence-electron chi connectivity index (χ3n) is 3.70. The van der Waals surface area contributed by atoms with E-state index in [0.29, 0.717) is 18.5 Å². The highest BCUT2D eigenvalue weighted by Gasteiger charge is 2.42. The molecule has 2 rings (SSSR count). The number of likely N-dealkylation sites (tertiary alicyclic amines) is 1. The van der Waals surface area contributed by atoms with Crippen LogP contribution in [0.25, 0.3) is 0 Å². The second kappa shape index (κ2) is 4.64. The predicted octanol–water partition coefficient (Wildman–Crippen LogP) is 2.07. The van der Waals surface area contributed by atoms with Crippen LogP contribution in [-0.2, 0) is 4.79 Å². The van der Waals surface area contributed by atoms with Crippen molar-refractivity contribution < 1.29 is 19.1 Å². The van der Waals surface area contributed by atoms with Gasteiger partial charge in [-0.05, 0) is 31.9 Å². The van der Waals surface area contributed by atoms with E-state index in [1.165, 1.54) is 11.0 Å². The second-order valence-corrected chi connectivity index (χ2v) is 5.28. The van der Waals surface area contributed by atoms with E-state index in [2.05, 4.69) is 0 Å². The normalized spacial score (nSPS) is 22.6. The van der Waals surface area contributed by atoms with Crippen LogP contribution in [0.2, 0.25) is 0 Å². The summed E-state index contributed by atoms with van der Waals surface area (Å²) in [5.74, 6) is -1.89. The van der Waals surface area contributed by atoms with Gasteiger partial charge in [-0.25, -0.2) is 4.39 Å². The first-order valence-corrected chi connectivity index (χ1v) is 6.13. The fourth-order valence-corrected chi connectivity index (χ4v) is 2.29. The molecule has 1 aliphatic heterocycles. The number of aryl methyl sites for hydroxylation is 1. The summed E-state index contributed by atoms with van der Waals surface area (Å²) in [7, 11) is 0. The van der Waals surface area contributed by atoms with Crippen LogP contribution < -0.4 is 0 Å². The summed E-state index contributed by atoms with van der Waals surface area (Å²) >= 11 is 0. The molecule has 0 radical (unpaired) electrons. The Hall–Kier alpha value is -1.91. The molecule has 19 heavy (non-hydrogen) atoms. The van der Waals surface area contributed by atoms with E-state index >= 15 is 0 Å². The zero-order valence-electron chi connectivity index (χ0n) is 10.9. The van der Waals surface area contributed by atoms with E-state index in [1.54, 1.807) is 26.0 Å². The Kier molecular flexibility index (Phi) is 3.30. The van der Waals surface area contributed by atoms with Crippen molar-refractivity contribution in [2.45, 2.75) is 20.3 Å². The summed E-state index contributed by atoms with van der Waals surface area (Å²) in [5.41, 5.74) is -0.517. The maximum atomic E-state index is 13.9. The Morgan fingerprint density at radius 2 is 2.11 bits per heavy atom. The summed E-state index contributed by atoms with van der Waals surface area (Å²) in [5, 5.41) is 9.13. The van der Waals surface area contributed by atoms with Gasteiger partial charge < -0.3 is 10.0 Å². The van der Waals surface area contributed by atoms with E-state index in [-0.39, 0.29) is 12.1 Å². The van der Waals surface area contributed by atoms with Crippen LogP contribution in [0.5, 0.6) is 0 Å². The number of benzene rings is 1. The molecule has 0 saturated carbocycles.